The Balaban J connectivity index is 2.19. The summed E-state index contributed by atoms with van der Waals surface area (Å²) in [5, 5.41) is 7.01. The summed E-state index contributed by atoms with van der Waals surface area (Å²) >= 11 is 5.73. The molecule has 0 aliphatic rings. The number of nitrogen functional groups attached to an aromatic ring is 1. The summed E-state index contributed by atoms with van der Waals surface area (Å²) in [6, 6.07) is 12.5. The minimum absolute atomic E-state index is 0.0864. The predicted molar refractivity (Wildman–Crippen MR) is 83.6 cm³/mol. The Kier molecular flexibility index (Phi) is 3.39. The molecule has 0 aliphatic carbocycles. The maximum atomic E-state index is 13.7. The third kappa shape index (κ3) is 2.50. The van der Waals surface area contributed by atoms with Crippen molar-refractivity contribution >= 4 is 17.4 Å². The van der Waals surface area contributed by atoms with Crippen LogP contribution >= 0.6 is 11.6 Å². The topological polar surface area (TPSA) is 54.7 Å². The molecular formula is C16H13ClFN3. The van der Waals surface area contributed by atoms with Crippen LogP contribution in [0.5, 0.6) is 0 Å². The third-order valence-corrected chi connectivity index (χ3v) is 3.62. The molecule has 1 aromatic heterocycles. The molecule has 2 aromatic carbocycles. The van der Waals surface area contributed by atoms with E-state index in [1.807, 2.05) is 31.2 Å². The fourth-order valence-electron chi connectivity index (χ4n) is 2.31. The second-order valence-electron chi connectivity index (χ2n) is 4.86. The summed E-state index contributed by atoms with van der Waals surface area (Å²) in [5.41, 5.74) is 10.1. The summed E-state index contributed by atoms with van der Waals surface area (Å²) < 4.78 is 13.7. The highest BCUT2D eigenvalue weighted by molar-refractivity contribution is 6.30. The Morgan fingerprint density at radius 2 is 1.95 bits per heavy atom. The number of halogens is 2. The summed E-state index contributed by atoms with van der Waals surface area (Å²) in [7, 11) is 0. The number of aromatic amines is 1. The average molecular weight is 302 g/mol. The normalized spacial score (nSPS) is 10.8. The maximum absolute atomic E-state index is 13.7. The van der Waals surface area contributed by atoms with E-state index in [1.165, 1.54) is 12.1 Å². The number of nitrogens with one attached hydrogen (secondary N) is 1. The van der Waals surface area contributed by atoms with Crippen LogP contribution in [0.3, 0.4) is 0 Å². The molecule has 0 amide bonds. The monoisotopic (exact) mass is 301 g/mol. The highest BCUT2D eigenvalue weighted by Gasteiger charge is 2.16. The molecule has 1 heterocycles. The standard InChI is InChI=1S/C16H13ClFN3/c1-9-3-2-4-10(7-9)14-15(20-21-16(14)19)11-5-6-12(17)13(18)8-11/h2-8H,1H3,(H3,19,20,21). The van der Waals surface area contributed by atoms with Gasteiger partial charge >= 0.3 is 0 Å². The lowest BCUT2D eigenvalue weighted by Crippen LogP contribution is -1.90. The highest BCUT2D eigenvalue weighted by atomic mass is 35.5. The number of anilines is 1. The number of benzene rings is 2. The fourth-order valence-corrected chi connectivity index (χ4v) is 2.43. The molecule has 0 fully saturated rings. The van der Waals surface area contributed by atoms with Crippen LogP contribution in [-0.2, 0) is 0 Å². The molecule has 0 radical (unpaired) electrons. The second-order valence-corrected chi connectivity index (χ2v) is 5.26. The molecule has 5 heteroatoms. The number of aryl methyl sites for hydroxylation is 1. The molecule has 3 rings (SSSR count). The van der Waals surface area contributed by atoms with E-state index in [0.717, 1.165) is 16.7 Å². The molecule has 0 spiro atoms. The third-order valence-electron chi connectivity index (χ3n) is 3.31. The lowest BCUT2D eigenvalue weighted by atomic mass is 9.99. The number of hydrogen-bond acceptors (Lipinski definition) is 2. The van der Waals surface area contributed by atoms with Gasteiger partial charge in [-0.05, 0) is 24.6 Å². The van der Waals surface area contributed by atoms with Gasteiger partial charge in [0, 0.05) is 5.56 Å². The van der Waals surface area contributed by atoms with Gasteiger partial charge in [0.2, 0.25) is 0 Å². The van der Waals surface area contributed by atoms with Gasteiger partial charge in [-0.15, -0.1) is 0 Å². The van der Waals surface area contributed by atoms with E-state index >= 15 is 0 Å². The lowest BCUT2D eigenvalue weighted by molar-refractivity contribution is 0.628. The first-order valence-electron chi connectivity index (χ1n) is 6.42. The molecule has 3 nitrogen and oxygen atoms in total. The van der Waals surface area contributed by atoms with Crippen molar-refractivity contribution in [3.05, 3.63) is 58.9 Å². The predicted octanol–water partition coefficient (Wildman–Crippen LogP) is 4.43. The van der Waals surface area contributed by atoms with E-state index in [9.17, 15) is 4.39 Å². The van der Waals surface area contributed by atoms with Crippen LogP contribution < -0.4 is 5.73 Å². The van der Waals surface area contributed by atoms with Crippen molar-refractivity contribution in [2.24, 2.45) is 0 Å². The van der Waals surface area contributed by atoms with Gasteiger partial charge < -0.3 is 5.73 Å². The zero-order valence-electron chi connectivity index (χ0n) is 11.3. The molecule has 3 N–H and O–H groups in total. The fraction of sp³-hybridized carbons (Fsp3) is 0.0625. The van der Waals surface area contributed by atoms with Crippen LogP contribution in [0.2, 0.25) is 5.02 Å². The maximum Gasteiger partial charge on any atom is 0.153 e. The Morgan fingerprint density at radius 1 is 1.14 bits per heavy atom. The van der Waals surface area contributed by atoms with Gasteiger partial charge in [0.25, 0.3) is 0 Å². The molecule has 0 bridgehead atoms. The number of H-pyrrole nitrogens is 1. The summed E-state index contributed by atoms with van der Waals surface area (Å²) in [6.07, 6.45) is 0. The van der Waals surface area contributed by atoms with Crippen molar-refractivity contribution in [1.82, 2.24) is 10.2 Å². The number of aromatic nitrogens is 2. The molecule has 0 atom stereocenters. The van der Waals surface area contributed by atoms with E-state index in [-0.39, 0.29) is 5.02 Å². The van der Waals surface area contributed by atoms with Gasteiger partial charge in [-0.2, -0.15) is 5.10 Å². The van der Waals surface area contributed by atoms with E-state index in [0.29, 0.717) is 17.1 Å². The van der Waals surface area contributed by atoms with Crippen LogP contribution in [0, 0.1) is 12.7 Å². The molecule has 3 aromatic rings. The summed E-state index contributed by atoms with van der Waals surface area (Å²) in [5.74, 6) is -0.0940. The Bertz CT molecular complexity index is 811. The molecule has 106 valence electrons. The van der Waals surface area contributed by atoms with Gasteiger partial charge in [0.1, 0.15) is 5.82 Å². The molecule has 21 heavy (non-hydrogen) atoms. The van der Waals surface area contributed by atoms with Crippen LogP contribution in [-0.4, -0.2) is 10.2 Å². The van der Waals surface area contributed by atoms with E-state index in [1.54, 1.807) is 6.07 Å². The Hall–Kier alpha value is -2.33. The minimum Gasteiger partial charge on any atom is -0.382 e. The molecule has 0 aliphatic heterocycles. The van der Waals surface area contributed by atoms with Crippen molar-refractivity contribution in [3.8, 4) is 22.4 Å². The van der Waals surface area contributed by atoms with Gasteiger partial charge in [0.05, 0.1) is 16.3 Å². The number of nitrogens with two attached hydrogens (primary N) is 1. The van der Waals surface area contributed by atoms with Crippen LogP contribution in [0.1, 0.15) is 5.56 Å². The van der Waals surface area contributed by atoms with E-state index < -0.39 is 5.82 Å². The van der Waals surface area contributed by atoms with Gasteiger partial charge in [-0.25, -0.2) is 4.39 Å². The van der Waals surface area contributed by atoms with Crippen molar-refractivity contribution in [3.63, 3.8) is 0 Å². The van der Waals surface area contributed by atoms with Crippen molar-refractivity contribution in [2.75, 3.05) is 5.73 Å². The number of rotatable bonds is 2. The van der Waals surface area contributed by atoms with Crippen molar-refractivity contribution < 1.29 is 4.39 Å². The van der Waals surface area contributed by atoms with Crippen molar-refractivity contribution in [2.45, 2.75) is 6.92 Å². The van der Waals surface area contributed by atoms with Crippen LogP contribution in [0.25, 0.3) is 22.4 Å². The Labute approximate surface area is 126 Å². The van der Waals surface area contributed by atoms with E-state index in [2.05, 4.69) is 10.2 Å². The highest BCUT2D eigenvalue weighted by Crippen LogP contribution is 2.35. The first-order valence-corrected chi connectivity index (χ1v) is 6.80. The average Bonchev–Trinajstić information content (AvgIpc) is 2.84. The first-order chi connectivity index (χ1) is 10.1. The van der Waals surface area contributed by atoms with Crippen LogP contribution in [0.4, 0.5) is 10.2 Å². The molecule has 0 unspecified atom stereocenters. The number of hydrogen-bond donors (Lipinski definition) is 2. The molecular weight excluding hydrogens is 289 g/mol. The Morgan fingerprint density at radius 3 is 2.67 bits per heavy atom. The van der Waals surface area contributed by atoms with Crippen LogP contribution in [0.15, 0.2) is 42.5 Å². The molecule has 0 saturated heterocycles. The SMILES string of the molecule is Cc1cccc(-c2c(N)n[nH]c2-c2ccc(Cl)c(F)c2)c1. The van der Waals surface area contributed by atoms with Crippen molar-refractivity contribution in [1.29, 1.82) is 0 Å². The number of nitrogens with zero attached hydrogens (tertiary/aromatic N) is 1. The van der Waals surface area contributed by atoms with Gasteiger partial charge in [-0.1, -0.05) is 47.5 Å². The summed E-state index contributed by atoms with van der Waals surface area (Å²) in [6.45, 7) is 2.00. The molecule has 0 saturated carbocycles. The second kappa shape index (κ2) is 5.22. The van der Waals surface area contributed by atoms with Gasteiger partial charge in [0.15, 0.2) is 5.82 Å². The smallest absolute Gasteiger partial charge is 0.153 e. The largest absolute Gasteiger partial charge is 0.382 e. The first kappa shape index (κ1) is 13.6. The zero-order chi connectivity index (χ0) is 15.0. The minimum atomic E-state index is -0.475. The lowest BCUT2D eigenvalue weighted by Gasteiger charge is -2.06. The quantitative estimate of drug-likeness (QED) is 0.736. The van der Waals surface area contributed by atoms with E-state index in [4.69, 9.17) is 17.3 Å². The zero-order valence-corrected chi connectivity index (χ0v) is 12.1. The summed E-state index contributed by atoms with van der Waals surface area (Å²) in [4.78, 5) is 0. The van der Waals surface area contributed by atoms with Gasteiger partial charge in [-0.3, -0.25) is 5.10 Å².